The first-order valence-electron chi connectivity index (χ1n) is 5.15. The Morgan fingerprint density at radius 3 is 1.25 bits per heavy atom. The van der Waals surface area contributed by atoms with E-state index in [1.807, 2.05) is 0 Å². The Balaban J connectivity index is 0.000001000. The molecule has 10 heteroatoms. The van der Waals surface area contributed by atoms with Gasteiger partial charge in [-0.2, -0.15) is 10.2 Å². The molecule has 0 bridgehead atoms. The summed E-state index contributed by atoms with van der Waals surface area (Å²) in [4.78, 5) is 16.2. The SMILES string of the molecule is O.O.c1cnc(C2=NNC(c3ncccn3)=NN2)nc1. The molecule has 1 aliphatic rings. The summed E-state index contributed by atoms with van der Waals surface area (Å²) in [7, 11) is 0. The van der Waals surface area contributed by atoms with Crippen LogP contribution in [0.25, 0.3) is 0 Å². The maximum absolute atomic E-state index is 4.08. The van der Waals surface area contributed by atoms with Gasteiger partial charge < -0.3 is 11.0 Å². The van der Waals surface area contributed by atoms with Crippen molar-refractivity contribution < 1.29 is 11.0 Å². The van der Waals surface area contributed by atoms with Gasteiger partial charge in [-0.15, -0.1) is 0 Å². The average molecular weight is 276 g/mol. The molecule has 0 unspecified atom stereocenters. The Labute approximate surface area is 113 Å². The van der Waals surface area contributed by atoms with Gasteiger partial charge in [0, 0.05) is 24.8 Å². The van der Waals surface area contributed by atoms with Crippen LogP contribution in [0, 0.1) is 0 Å². The smallest absolute Gasteiger partial charge is 0.211 e. The number of rotatable bonds is 2. The number of aromatic nitrogens is 4. The van der Waals surface area contributed by atoms with E-state index in [1.54, 1.807) is 36.9 Å². The highest BCUT2D eigenvalue weighted by Crippen LogP contribution is 1.96. The molecule has 0 saturated heterocycles. The molecule has 3 heterocycles. The second-order valence-electron chi connectivity index (χ2n) is 3.29. The van der Waals surface area contributed by atoms with Gasteiger partial charge in [0.25, 0.3) is 0 Å². The number of nitrogens with one attached hydrogen (secondary N) is 2. The minimum Gasteiger partial charge on any atom is -0.412 e. The molecule has 0 radical (unpaired) electrons. The van der Waals surface area contributed by atoms with Crippen LogP contribution in [-0.2, 0) is 0 Å². The van der Waals surface area contributed by atoms with Crippen LogP contribution in [0.2, 0.25) is 0 Å². The van der Waals surface area contributed by atoms with E-state index in [-0.39, 0.29) is 11.0 Å². The number of hydrazone groups is 2. The zero-order valence-electron chi connectivity index (χ0n) is 10.1. The lowest BCUT2D eigenvalue weighted by molar-refractivity contribution is 0.823. The van der Waals surface area contributed by atoms with Gasteiger partial charge in [-0.25, -0.2) is 19.9 Å². The third-order valence-corrected chi connectivity index (χ3v) is 2.10. The summed E-state index contributed by atoms with van der Waals surface area (Å²) in [5, 5.41) is 8.15. The molecule has 0 atom stereocenters. The van der Waals surface area contributed by atoms with Gasteiger partial charge in [-0.1, -0.05) is 0 Å². The Bertz CT molecular complexity index is 546. The molecule has 2 aromatic heterocycles. The average Bonchev–Trinajstić information content (AvgIpc) is 2.49. The quantitative estimate of drug-likeness (QED) is 0.633. The van der Waals surface area contributed by atoms with Crippen LogP contribution in [0.4, 0.5) is 0 Å². The Hall–Kier alpha value is -2.98. The van der Waals surface area contributed by atoms with Crippen molar-refractivity contribution in [2.24, 2.45) is 10.2 Å². The van der Waals surface area contributed by atoms with Crippen LogP contribution < -0.4 is 10.9 Å². The van der Waals surface area contributed by atoms with Gasteiger partial charge in [0.15, 0.2) is 11.6 Å². The van der Waals surface area contributed by atoms with Crippen LogP contribution in [0.3, 0.4) is 0 Å². The summed E-state index contributed by atoms with van der Waals surface area (Å²) in [6.45, 7) is 0. The monoisotopic (exact) mass is 276 g/mol. The van der Waals surface area contributed by atoms with Gasteiger partial charge in [0.1, 0.15) is 0 Å². The van der Waals surface area contributed by atoms with Crippen molar-refractivity contribution in [3.05, 3.63) is 48.6 Å². The van der Waals surface area contributed by atoms with E-state index in [1.165, 1.54) is 0 Å². The van der Waals surface area contributed by atoms with Crippen molar-refractivity contribution in [2.45, 2.75) is 0 Å². The van der Waals surface area contributed by atoms with E-state index in [0.29, 0.717) is 23.3 Å². The van der Waals surface area contributed by atoms with Crippen LogP contribution in [-0.4, -0.2) is 42.6 Å². The fourth-order valence-corrected chi connectivity index (χ4v) is 1.31. The number of hydrogen-bond donors (Lipinski definition) is 2. The van der Waals surface area contributed by atoms with E-state index >= 15 is 0 Å². The summed E-state index contributed by atoms with van der Waals surface area (Å²) in [6, 6.07) is 3.46. The normalized spacial score (nSPS) is 12.6. The Morgan fingerprint density at radius 1 is 0.600 bits per heavy atom. The first-order valence-corrected chi connectivity index (χ1v) is 5.15. The lowest BCUT2D eigenvalue weighted by atomic mass is 10.5. The first kappa shape index (κ1) is 15.1. The summed E-state index contributed by atoms with van der Waals surface area (Å²) < 4.78 is 0. The van der Waals surface area contributed by atoms with Crippen molar-refractivity contribution in [1.29, 1.82) is 0 Å². The summed E-state index contributed by atoms with van der Waals surface area (Å²) in [5.41, 5.74) is 5.51. The highest BCUT2D eigenvalue weighted by atomic mass is 16.0. The fraction of sp³-hybridized carbons (Fsp3) is 0. The topological polar surface area (TPSA) is 163 Å². The second kappa shape index (κ2) is 6.82. The molecule has 104 valence electrons. The van der Waals surface area contributed by atoms with Crippen LogP contribution in [0.5, 0.6) is 0 Å². The zero-order chi connectivity index (χ0) is 12.2. The molecule has 0 saturated carbocycles. The van der Waals surface area contributed by atoms with Crippen molar-refractivity contribution in [1.82, 2.24) is 30.8 Å². The second-order valence-corrected chi connectivity index (χ2v) is 3.29. The van der Waals surface area contributed by atoms with Crippen molar-refractivity contribution in [2.75, 3.05) is 0 Å². The van der Waals surface area contributed by atoms with Crippen LogP contribution in [0.1, 0.15) is 11.6 Å². The van der Waals surface area contributed by atoms with Gasteiger partial charge in [0.2, 0.25) is 11.7 Å². The summed E-state index contributed by atoms with van der Waals surface area (Å²) >= 11 is 0. The molecular weight excluding hydrogens is 264 g/mol. The largest absolute Gasteiger partial charge is 0.412 e. The van der Waals surface area contributed by atoms with E-state index in [4.69, 9.17) is 0 Å². The molecule has 0 fully saturated rings. The maximum atomic E-state index is 4.08. The molecule has 20 heavy (non-hydrogen) atoms. The van der Waals surface area contributed by atoms with Gasteiger partial charge in [-0.3, -0.25) is 10.9 Å². The van der Waals surface area contributed by atoms with E-state index in [0.717, 1.165) is 0 Å². The predicted molar refractivity (Wildman–Crippen MR) is 70.6 cm³/mol. The summed E-state index contributed by atoms with van der Waals surface area (Å²) in [5.74, 6) is 1.80. The predicted octanol–water partition coefficient (Wildman–Crippen LogP) is -2.17. The third-order valence-electron chi connectivity index (χ3n) is 2.10. The highest BCUT2D eigenvalue weighted by molar-refractivity contribution is 6.02. The third kappa shape index (κ3) is 3.07. The first-order chi connectivity index (χ1) is 8.93. The van der Waals surface area contributed by atoms with E-state index in [9.17, 15) is 0 Å². The standard InChI is InChI=1S/C10H8N8.2H2O/c1-3-11-7(12-4-1)9-15-17-10(18-16-9)8-13-5-2-6-14-8;;/h1-6H,(H,15,16)(H,17,18);2*1H2. The molecule has 0 aliphatic carbocycles. The van der Waals surface area contributed by atoms with Gasteiger partial charge in [-0.05, 0) is 12.1 Å². The minimum atomic E-state index is 0. The van der Waals surface area contributed by atoms with E-state index in [2.05, 4.69) is 41.0 Å². The zero-order valence-corrected chi connectivity index (χ0v) is 10.1. The molecule has 1 aliphatic heterocycles. The molecule has 2 aromatic rings. The minimum absolute atomic E-state index is 0. The molecule has 0 amide bonds. The lowest BCUT2D eigenvalue weighted by Gasteiger charge is -2.12. The number of amidine groups is 2. The highest BCUT2D eigenvalue weighted by Gasteiger charge is 2.14. The Kier molecular flexibility index (Phi) is 5.14. The summed E-state index contributed by atoms with van der Waals surface area (Å²) in [6.07, 6.45) is 6.52. The number of nitrogens with zero attached hydrogens (tertiary/aromatic N) is 6. The maximum Gasteiger partial charge on any atom is 0.211 e. The lowest BCUT2D eigenvalue weighted by Crippen LogP contribution is -2.36. The number of hydrogen-bond acceptors (Lipinski definition) is 8. The van der Waals surface area contributed by atoms with Gasteiger partial charge >= 0.3 is 0 Å². The van der Waals surface area contributed by atoms with Crippen molar-refractivity contribution in [3.8, 4) is 0 Å². The molecular formula is C10H12N8O2. The molecule has 0 aromatic carbocycles. The fourth-order valence-electron chi connectivity index (χ4n) is 1.31. The van der Waals surface area contributed by atoms with Crippen molar-refractivity contribution in [3.63, 3.8) is 0 Å². The van der Waals surface area contributed by atoms with Gasteiger partial charge in [0.05, 0.1) is 0 Å². The van der Waals surface area contributed by atoms with Crippen molar-refractivity contribution >= 4 is 11.7 Å². The molecule has 6 N–H and O–H groups in total. The molecule has 3 rings (SSSR count). The molecule has 10 nitrogen and oxygen atoms in total. The van der Waals surface area contributed by atoms with Crippen LogP contribution >= 0.6 is 0 Å². The van der Waals surface area contributed by atoms with E-state index < -0.39 is 0 Å². The molecule has 0 spiro atoms. The van der Waals surface area contributed by atoms with Crippen LogP contribution in [0.15, 0.2) is 47.1 Å². The Morgan fingerprint density at radius 2 is 0.950 bits per heavy atom.